The van der Waals surface area contributed by atoms with Gasteiger partial charge in [-0.25, -0.2) is 9.78 Å². The highest BCUT2D eigenvalue weighted by Crippen LogP contribution is 2.12. The van der Waals surface area contributed by atoms with Crippen molar-refractivity contribution in [3.05, 3.63) is 23.9 Å². The van der Waals surface area contributed by atoms with Gasteiger partial charge < -0.3 is 20.6 Å². The SMILES string of the molecule is CC(CO)(CO)Nc1ccc(C(=O)O)cn1. The van der Waals surface area contributed by atoms with E-state index in [1.807, 2.05) is 0 Å². The molecule has 0 spiro atoms. The first-order valence-corrected chi connectivity index (χ1v) is 4.70. The number of hydrogen-bond donors (Lipinski definition) is 4. The van der Waals surface area contributed by atoms with E-state index in [0.29, 0.717) is 5.82 Å². The Balaban J connectivity index is 2.79. The van der Waals surface area contributed by atoms with E-state index in [2.05, 4.69) is 10.3 Å². The van der Waals surface area contributed by atoms with Gasteiger partial charge in [-0.1, -0.05) is 0 Å². The topological polar surface area (TPSA) is 103 Å². The van der Waals surface area contributed by atoms with Gasteiger partial charge in [0, 0.05) is 6.20 Å². The highest BCUT2D eigenvalue weighted by molar-refractivity contribution is 5.87. The molecule has 0 aliphatic rings. The van der Waals surface area contributed by atoms with Crippen molar-refractivity contribution in [1.29, 1.82) is 0 Å². The molecule has 0 aromatic carbocycles. The highest BCUT2D eigenvalue weighted by atomic mass is 16.4. The molecule has 88 valence electrons. The number of carbonyl (C=O) groups is 1. The second kappa shape index (κ2) is 4.91. The Morgan fingerprint density at radius 2 is 2.06 bits per heavy atom. The molecule has 6 heteroatoms. The maximum atomic E-state index is 10.6. The number of carboxylic acids is 1. The average molecular weight is 226 g/mol. The summed E-state index contributed by atoms with van der Waals surface area (Å²) in [5.74, 6) is -0.651. The van der Waals surface area contributed by atoms with Crippen LogP contribution in [0, 0.1) is 0 Å². The predicted molar refractivity (Wildman–Crippen MR) is 57.4 cm³/mol. The summed E-state index contributed by atoms with van der Waals surface area (Å²) < 4.78 is 0. The van der Waals surface area contributed by atoms with E-state index in [1.54, 1.807) is 6.92 Å². The first kappa shape index (κ1) is 12.4. The maximum absolute atomic E-state index is 10.6. The summed E-state index contributed by atoms with van der Waals surface area (Å²) >= 11 is 0. The van der Waals surface area contributed by atoms with E-state index in [4.69, 9.17) is 15.3 Å². The van der Waals surface area contributed by atoms with Gasteiger partial charge in [0.25, 0.3) is 0 Å². The number of rotatable bonds is 5. The van der Waals surface area contributed by atoms with Crippen molar-refractivity contribution in [1.82, 2.24) is 4.98 Å². The van der Waals surface area contributed by atoms with Gasteiger partial charge in [0.2, 0.25) is 0 Å². The molecular formula is C10H14N2O4. The lowest BCUT2D eigenvalue weighted by molar-refractivity contribution is 0.0696. The number of aromatic nitrogens is 1. The van der Waals surface area contributed by atoms with Crippen LogP contribution in [0.3, 0.4) is 0 Å². The number of aliphatic hydroxyl groups excluding tert-OH is 2. The number of nitrogens with zero attached hydrogens (tertiary/aromatic N) is 1. The molecule has 1 rings (SSSR count). The van der Waals surface area contributed by atoms with Gasteiger partial charge in [0.05, 0.1) is 24.3 Å². The number of anilines is 1. The molecule has 0 saturated heterocycles. The van der Waals surface area contributed by atoms with Gasteiger partial charge in [-0.3, -0.25) is 0 Å². The van der Waals surface area contributed by atoms with Crippen molar-refractivity contribution in [2.45, 2.75) is 12.5 Å². The van der Waals surface area contributed by atoms with Crippen LogP contribution in [-0.2, 0) is 0 Å². The minimum absolute atomic E-state index is 0.0836. The van der Waals surface area contributed by atoms with Crippen molar-refractivity contribution in [3.8, 4) is 0 Å². The number of carboxylic acid groups (broad SMARTS) is 1. The van der Waals surface area contributed by atoms with Crippen molar-refractivity contribution in [2.75, 3.05) is 18.5 Å². The molecule has 1 aromatic heterocycles. The second-order valence-corrected chi connectivity index (χ2v) is 3.74. The third-order valence-electron chi connectivity index (χ3n) is 2.14. The molecule has 1 aromatic rings. The van der Waals surface area contributed by atoms with E-state index in [1.165, 1.54) is 18.3 Å². The summed E-state index contributed by atoms with van der Waals surface area (Å²) in [6.07, 6.45) is 1.21. The van der Waals surface area contributed by atoms with E-state index >= 15 is 0 Å². The van der Waals surface area contributed by atoms with E-state index in [0.717, 1.165) is 0 Å². The lowest BCUT2D eigenvalue weighted by Crippen LogP contribution is -2.42. The molecule has 0 aliphatic heterocycles. The molecule has 0 aliphatic carbocycles. The van der Waals surface area contributed by atoms with Gasteiger partial charge in [0.15, 0.2) is 0 Å². The lowest BCUT2D eigenvalue weighted by atomic mass is 10.1. The predicted octanol–water partition coefficient (Wildman–Crippen LogP) is -0.0650. The number of hydrogen-bond acceptors (Lipinski definition) is 5. The molecule has 0 saturated carbocycles. The van der Waals surface area contributed by atoms with Gasteiger partial charge in [0.1, 0.15) is 5.82 Å². The average Bonchev–Trinajstić information content (AvgIpc) is 2.29. The van der Waals surface area contributed by atoms with Crippen molar-refractivity contribution < 1.29 is 20.1 Å². The summed E-state index contributed by atoms with van der Waals surface area (Å²) in [4.78, 5) is 14.4. The number of nitrogens with one attached hydrogen (secondary N) is 1. The standard InChI is InChI=1S/C10H14N2O4/c1-10(5-13,6-14)12-8-3-2-7(4-11-8)9(15)16/h2-4,13-14H,5-6H2,1H3,(H,11,12)(H,15,16). The molecule has 0 fully saturated rings. The van der Waals surface area contributed by atoms with Crippen LogP contribution in [0.15, 0.2) is 18.3 Å². The van der Waals surface area contributed by atoms with Crippen LogP contribution in [0.25, 0.3) is 0 Å². The highest BCUT2D eigenvalue weighted by Gasteiger charge is 2.22. The summed E-state index contributed by atoms with van der Waals surface area (Å²) in [7, 11) is 0. The molecule has 0 amide bonds. The summed E-state index contributed by atoms with van der Waals surface area (Å²) in [5.41, 5.74) is -0.794. The molecular weight excluding hydrogens is 212 g/mol. The first-order valence-electron chi connectivity index (χ1n) is 4.70. The molecule has 0 unspecified atom stereocenters. The zero-order valence-electron chi connectivity index (χ0n) is 8.84. The minimum Gasteiger partial charge on any atom is -0.478 e. The monoisotopic (exact) mass is 226 g/mol. The van der Waals surface area contributed by atoms with Crippen LogP contribution in [0.2, 0.25) is 0 Å². The number of aliphatic hydroxyl groups is 2. The van der Waals surface area contributed by atoms with Crippen LogP contribution < -0.4 is 5.32 Å². The fourth-order valence-corrected chi connectivity index (χ4v) is 1.03. The van der Waals surface area contributed by atoms with Gasteiger partial charge in [-0.15, -0.1) is 0 Å². The van der Waals surface area contributed by atoms with Gasteiger partial charge in [-0.2, -0.15) is 0 Å². The van der Waals surface area contributed by atoms with Crippen molar-refractivity contribution >= 4 is 11.8 Å². The van der Waals surface area contributed by atoms with E-state index in [9.17, 15) is 4.79 Å². The molecule has 6 nitrogen and oxygen atoms in total. The zero-order chi connectivity index (χ0) is 12.2. The second-order valence-electron chi connectivity index (χ2n) is 3.74. The number of pyridine rings is 1. The Morgan fingerprint density at radius 3 is 2.44 bits per heavy atom. The Labute approximate surface area is 92.6 Å². The van der Waals surface area contributed by atoms with Gasteiger partial charge in [-0.05, 0) is 19.1 Å². The molecule has 4 N–H and O–H groups in total. The fraction of sp³-hybridized carbons (Fsp3) is 0.400. The minimum atomic E-state index is -1.05. The molecule has 0 atom stereocenters. The van der Waals surface area contributed by atoms with Crippen molar-refractivity contribution in [3.63, 3.8) is 0 Å². The summed E-state index contributed by atoms with van der Waals surface area (Å²) in [6, 6.07) is 2.87. The quantitative estimate of drug-likeness (QED) is 0.560. The lowest BCUT2D eigenvalue weighted by Gasteiger charge is -2.26. The Morgan fingerprint density at radius 1 is 1.44 bits per heavy atom. The van der Waals surface area contributed by atoms with Crippen LogP contribution in [0.5, 0.6) is 0 Å². The van der Waals surface area contributed by atoms with Crippen LogP contribution in [-0.4, -0.2) is 45.0 Å². The normalized spacial score (nSPS) is 11.2. The smallest absolute Gasteiger partial charge is 0.337 e. The zero-order valence-corrected chi connectivity index (χ0v) is 8.84. The van der Waals surface area contributed by atoms with Crippen LogP contribution in [0.4, 0.5) is 5.82 Å². The number of aromatic carboxylic acids is 1. The van der Waals surface area contributed by atoms with Gasteiger partial charge >= 0.3 is 5.97 Å². The first-order chi connectivity index (χ1) is 7.50. The summed E-state index contributed by atoms with van der Waals surface area (Å²) in [5, 5.41) is 29.6. The van der Waals surface area contributed by atoms with E-state index in [-0.39, 0.29) is 18.8 Å². The molecule has 0 bridgehead atoms. The largest absolute Gasteiger partial charge is 0.478 e. The molecule has 0 radical (unpaired) electrons. The summed E-state index contributed by atoms with van der Waals surface area (Å²) in [6.45, 7) is 1.11. The molecule has 1 heterocycles. The third kappa shape index (κ3) is 2.91. The Hall–Kier alpha value is -1.66. The van der Waals surface area contributed by atoms with Crippen LogP contribution in [0.1, 0.15) is 17.3 Å². The van der Waals surface area contributed by atoms with Crippen LogP contribution >= 0.6 is 0 Å². The third-order valence-corrected chi connectivity index (χ3v) is 2.14. The van der Waals surface area contributed by atoms with E-state index < -0.39 is 11.5 Å². The maximum Gasteiger partial charge on any atom is 0.337 e. The fourth-order valence-electron chi connectivity index (χ4n) is 1.03. The Kier molecular flexibility index (Phi) is 3.81. The molecule has 16 heavy (non-hydrogen) atoms. The Bertz CT molecular complexity index is 360. The van der Waals surface area contributed by atoms with Crippen molar-refractivity contribution in [2.24, 2.45) is 0 Å².